The van der Waals surface area contributed by atoms with E-state index in [-0.39, 0.29) is 39.9 Å². The van der Waals surface area contributed by atoms with E-state index >= 15 is 0 Å². The molecule has 44 heteroatoms. The molecule has 0 aliphatic heterocycles. The molecule has 0 aromatic carbocycles. The van der Waals surface area contributed by atoms with E-state index in [2.05, 4.69) is 57.5 Å². The minimum Gasteiger partial charge on any atom is -0.502 e. The SMILES string of the molecule is O=C(O)CCC(NC(=O)c1cc(NC(=O)C(COC(CO)CO)COC(CO)CO)[nH]c(=O)c1O)C(NCCNC(=O)c1cc(NC(=O)C(COC(CO)CO)COC(CO)CO)[nH]c(=O)c1O)NCCNC(=O)c1cc(NC(=O)C(COC(CO)CO)COC(CO)CO)[nH]c(=O)c1O.[Gd+3]. The first-order valence-corrected chi connectivity index (χ1v) is 30.7. The summed E-state index contributed by atoms with van der Waals surface area (Å²) in [5, 5.41) is 176. The van der Waals surface area contributed by atoms with Gasteiger partial charge in [-0.2, -0.15) is 0 Å². The number of anilines is 3. The van der Waals surface area contributed by atoms with Gasteiger partial charge in [-0.1, -0.05) is 0 Å². The second-order valence-electron chi connectivity index (χ2n) is 21.7. The normalized spacial score (nSPS) is 12.0. The number of rotatable bonds is 52. The summed E-state index contributed by atoms with van der Waals surface area (Å²) < 4.78 is 32.2. The summed E-state index contributed by atoms with van der Waals surface area (Å²) in [5.41, 5.74) is -6.26. The molecule has 43 nitrogen and oxygen atoms in total. The average Bonchev–Trinajstić information content (AvgIpc) is 0.832. The van der Waals surface area contributed by atoms with E-state index in [4.69, 9.17) is 28.4 Å². The third kappa shape index (κ3) is 30.9. The quantitative estimate of drug-likeness (QED) is 0.0184. The number of carboxylic acid groups (broad SMARTS) is 1. The van der Waals surface area contributed by atoms with E-state index < -0.39 is 334 Å². The molecule has 3 aromatic rings. The summed E-state index contributed by atoms with van der Waals surface area (Å²) in [6, 6.07) is 0.991. The largest absolute Gasteiger partial charge is 3.00 e. The van der Waals surface area contributed by atoms with Gasteiger partial charge in [-0.25, -0.2) is 0 Å². The first kappa shape index (κ1) is 90.1. The van der Waals surface area contributed by atoms with E-state index in [1.165, 1.54) is 0 Å². The Morgan fingerprint density at radius 3 is 0.871 bits per heavy atom. The van der Waals surface area contributed by atoms with Crippen molar-refractivity contribution in [3.05, 3.63) is 66.0 Å². The van der Waals surface area contributed by atoms with Crippen LogP contribution in [0.4, 0.5) is 17.5 Å². The molecule has 0 bridgehead atoms. The molecule has 27 N–H and O–H groups in total. The molecule has 0 aliphatic carbocycles. The van der Waals surface area contributed by atoms with Gasteiger partial charge in [0.25, 0.3) is 34.4 Å². The van der Waals surface area contributed by atoms with Crippen molar-refractivity contribution in [1.82, 2.24) is 41.5 Å². The molecular formula is C57H89GdN11O32+3. The summed E-state index contributed by atoms with van der Waals surface area (Å²) in [6.07, 6.45) is -9.65. The van der Waals surface area contributed by atoms with Crippen molar-refractivity contribution in [2.24, 2.45) is 17.8 Å². The third-order valence-corrected chi connectivity index (χ3v) is 14.2. The van der Waals surface area contributed by atoms with Crippen LogP contribution in [0.1, 0.15) is 43.9 Å². The number of aliphatic carboxylic acids is 1. The number of hydrogen-bond acceptors (Lipinski definition) is 33. The number of H-pyrrole nitrogens is 3. The van der Waals surface area contributed by atoms with Crippen LogP contribution in [0.2, 0.25) is 0 Å². The van der Waals surface area contributed by atoms with Gasteiger partial charge < -0.3 is 157 Å². The molecule has 0 fully saturated rings. The van der Waals surface area contributed by atoms with Crippen LogP contribution < -0.4 is 59.2 Å². The average molecular weight is 1600 g/mol. The fourth-order valence-electron chi connectivity index (χ4n) is 8.38. The maximum Gasteiger partial charge on any atom is 3.00 e. The second-order valence-corrected chi connectivity index (χ2v) is 21.7. The number of aromatic nitrogens is 3. The van der Waals surface area contributed by atoms with Crippen molar-refractivity contribution in [3.8, 4) is 17.2 Å². The molecule has 1 radical (unpaired) electrons. The smallest absolute Gasteiger partial charge is 0.502 e. The van der Waals surface area contributed by atoms with Crippen LogP contribution in [-0.4, -0.2) is 332 Å². The number of aromatic hydroxyl groups is 3. The molecule has 0 spiro atoms. The van der Waals surface area contributed by atoms with Crippen LogP contribution in [-0.2, 0) is 47.6 Å². The fourth-order valence-corrected chi connectivity index (χ4v) is 8.38. The number of nitrogens with one attached hydrogen (secondary N) is 11. The van der Waals surface area contributed by atoms with Crippen molar-refractivity contribution >= 4 is 58.9 Å². The summed E-state index contributed by atoms with van der Waals surface area (Å²) in [4.78, 5) is 140. The van der Waals surface area contributed by atoms with E-state index in [1.54, 1.807) is 0 Å². The van der Waals surface area contributed by atoms with Gasteiger partial charge in [0.2, 0.25) is 17.7 Å². The number of carboxylic acids is 1. The van der Waals surface area contributed by atoms with Crippen LogP contribution >= 0.6 is 0 Å². The van der Waals surface area contributed by atoms with Crippen LogP contribution in [0, 0.1) is 57.7 Å². The molecule has 0 aliphatic rings. The van der Waals surface area contributed by atoms with Gasteiger partial charge in [-0.15, -0.1) is 0 Å². The Morgan fingerprint density at radius 1 is 0.386 bits per heavy atom. The Balaban J connectivity index is 0.0000347. The van der Waals surface area contributed by atoms with Gasteiger partial charge in [-0.3, -0.25) is 58.6 Å². The molecule has 3 heterocycles. The zero-order valence-corrected chi connectivity index (χ0v) is 56.4. The maximum absolute atomic E-state index is 14.3. The summed E-state index contributed by atoms with van der Waals surface area (Å²) in [7, 11) is 0. The van der Waals surface area contributed by atoms with Gasteiger partial charge in [0.15, 0.2) is 17.2 Å². The Morgan fingerprint density at radius 2 is 0.634 bits per heavy atom. The molecule has 1 unspecified atom stereocenters. The van der Waals surface area contributed by atoms with E-state index in [9.17, 15) is 130 Å². The van der Waals surface area contributed by atoms with Crippen LogP contribution in [0.25, 0.3) is 0 Å². The van der Waals surface area contributed by atoms with E-state index in [0.29, 0.717) is 0 Å². The van der Waals surface area contributed by atoms with Crippen molar-refractivity contribution in [2.75, 3.05) is 161 Å². The molecule has 6 amide bonds. The topological polar surface area (TPSA) is 693 Å². The predicted molar refractivity (Wildman–Crippen MR) is 339 cm³/mol. The number of pyridine rings is 3. The fraction of sp³-hybridized carbons (Fsp3) is 0.614. The van der Waals surface area contributed by atoms with Crippen LogP contribution in [0.3, 0.4) is 0 Å². The molecule has 1 atom stereocenters. The molecule has 3 rings (SSSR count). The van der Waals surface area contributed by atoms with Crippen molar-refractivity contribution in [2.45, 2.75) is 61.7 Å². The number of hydrogen-bond donors (Lipinski definition) is 27. The molecule has 569 valence electrons. The number of amides is 6. The number of carbonyl (C=O) groups excluding carboxylic acids is 6. The van der Waals surface area contributed by atoms with Crippen LogP contribution in [0.5, 0.6) is 17.2 Å². The van der Waals surface area contributed by atoms with Gasteiger partial charge in [0.05, 0.1) is 166 Å². The number of aliphatic hydroxyl groups is 12. The van der Waals surface area contributed by atoms with Crippen LogP contribution in [0.15, 0.2) is 32.6 Å². The van der Waals surface area contributed by atoms with E-state index in [1.807, 2.05) is 0 Å². The minimum absolute atomic E-state index is 0. The standard InChI is InChI=1S/C57H89N11O32.Gd/c69-10-31(11-70)95-22-28(23-96-32(12-71)13-72)49(86)63-41-7-37(45(83)55(92)66-41)52(89)60-5-3-58-48(59-4-6-61-53(90)38-8-42(67-56(93)46(38)84)64-50(87)29(24-97-33(14-73)15-74)25-98-34(16-75)17-76)40(1-2-44(81)82)62-54(91)39-9-43(68-57(94)47(39)85)65-51(88)30(26-99-35(18-77)19-78)27-100-36(20-79)21-80;/h7-9,28-36,40,48,58-59,69-80,83-85H,1-6,10-27H2,(H,60,89)(H,61,90)(H,62,91)(H,81,82)(H2,63,66,86,92)(H2,64,67,87,93)(H2,65,68,88,94);/q;+3. The van der Waals surface area contributed by atoms with E-state index in [0.717, 1.165) is 18.2 Å². The van der Waals surface area contributed by atoms with Gasteiger partial charge in [-0.05, 0) is 24.6 Å². The molecule has 101 heavy (non-hydrogen) atoms. The molecular weight excluding hydrogens is 1510 g/mol. The monoisotopic (exact) mass is 1600 g/mol. The predicted octanol–water partition coefficient (Wildman–Crippen LogP) is -10.9. The number of carbonyl (C=O) groups is 7. The molecule has 0 saturated carbocycles. The van der Waals surface area contributed by atoms with Crippen molar-refractivity contribution < 1.29 is 184 Å². The Bertz CT molecular complexity index is 3030. The third-order valence-electron chi connectivity index (χ3n) is 14.2. The molecule has 0 saturated heterocycles. The zero-order chi connectivity index (χ0) is 74.4. The first-order valence-electron chi connectivity index (χ1n) is 30.7. The zero-order valence-electron chi connectivity index (χ0n) is 54.1. The number of aliphatic hydroxyl groups excluding tert-OH is 12. The van der Waals surface area contributed by atoms with Gasteiger partial charge in [0.1, 0.15) is 54.1 Å². The Kier molecular flexibility index (Phi) is 43.6. The maximum atomic E-state index is 14.3. The van der Waals surface area contributed by atoms with Crippen molar-refractivity contribution in [1.29, 1.82) is 0 Å². The first-order chi connectivity index (χ1) is 47.8. The summed E-state index contributed by atoms with van der Waals surface area (Å²) in [6.45, 7) is -13.1. The number of aromatic amines is 3. The van der Waals surface area contributed by atoms with Gasteiger partial charge >= 0.3 is 45.9 Å². The van der Waals surface area contributed by atoms with Crippen molar-refractivity contribution in [3.63, 3.8) is 0 Å². The minimum atomic E-state index is -1.49. The summed E-state index contributed by atoms with van der Waals surface area (Å²) in [5.74, 6) is -17.1. The Hall–Kier alpha value is -6.94. The van der Waals surface area contributed by atoms with Gasteiger partial charge in [0, 0.05) is 32.6 Å². The summed E-state index contributed by atoms with van der Waals surface area (Å²) >= 11 is 0. The number of ether oxygens (including phenoxy) is 6. The molecule has 3 aromatic heterocycles. The Labute approximate surface area is 604 Å². The second kappa shape index (κ2) is 48.9.